The highest BCUT2D eigenvalue weighted by molar-refractivity contribution is 7.99. The van der Waals surface area contributed by atoms with Crippen LogP contribution in [0.5, 0.6) is 0 Å². The molecule has 1 unspecified atom stereocenters. The fourth-order valence-corrected chi connectivity index (χ4v) is 3.44. The van der Waals surface area contributed by atoms with E-state index in [4.69, 9.17) is 0 Å². The predicted molar refractivity (Wildman–Crippen MR) is 89.3 cm³/mol. The first kappa shape index (κ1) is 15.6. The van der Waals surface area contributed by atoms with Crippen LogP contribution in [-0.4, -0.2) is 12.8 Å². The van der Waals surface area contributed by atoms with Gasteiger partial charge in [-0.3, -0.25) is 5.32 Å². The quantitative estimate of drug-likeness (QED) is 0.815. The molecule has 2 nitrogen and oxygen atoms in total. The van der Waals surface area contributed by atoms with Crippen LogP contribution in [0.2, 0.25) is 0 Å². The van der Waals surface area contributed by atoms with Crippen molar-refractivity contribution in [2.24, 2.45) is 0 Å². The van der Waals surface area contributed by atoms with E-state index in [1.807, 2.05) is 49.1 Å². The van der Waals surface area contributed by atoms with Crippen LogP contribution in [0.25, 0.3) is 0 Å². The molecule has 0 radical (unpaired) electrons. The molecule has 0 saturated carbocycles. The van der Waals surface area contributed by atoms with Gasteiger partial charge >= 0.3 is 0 Å². The Bertz CT molecular complexity index is 619. The Morgan fingerprint density at radius 1 is 1.10 bits per heavy atom. The number of nitriles is 1. The second-order valence-corrected chi connectivity index (χ2v) is 6.13. The van der Waals surface area contributed by atoms with Crippen LogP contribution in [0.3, 0.4) is 0 Å². The smallest absolute Gasteiger partial charge is 0.132 e. The van der Waals surface area contributed by atoms with Crippen LogP contribution in [0, 0.1) is 18.3 Å². The SMILES string of the molecule is CNC(C#N)(CCSc1ccccc1C)c1ccccc1. The van der Waals surface area contributed by atoms with Gasteiger partial charge in [0.15, 0.2) is 0 Å². The standard InChI is InChI=1S/C18H20N2S/c1-15-8-6-7-11-17(15)21-13-12-18(14-19,20-2)16-9-4-3-5-10-16/h3-11,20H,12-13H2,1-2H3. The molecule has 108 valence electrons. The van der Waals surface area contributed by atoms with Gasteiger partial charge in [-0.05, 0) is 37.6 Å². The lowest BCUT2D eigenvalue weighted by Crippen LogP contribution is -2.39. The minimum absolute atomic E-state index is 0.614. The Balaban J connectivity index is 2.08. The summed E-state index contributed by atoms with van der Waals surface area (Å²) in [6.07, 6.45) is 0.767. The molecule has 0 fully saturated rings. The Labute approximate surface area is 131 Å². The number of benzene rings is 2. The number of aryl methyl sites for hydroxylation is 1. The molecule has 0 aliphatic heterocycles. The van der Waals surface area contributed by atoms with Crippen molar-refractivity contribution in [3.8, 4) is 6.07 Å². The lowest BCUT2D eigenvalue weighted by Gasteiger charge is -2.26. The van der Waals surface area contributed by atoms with E-state index in [-0.39, 0.29) is 0 Å². The monoisotopic (exact) mass is 296 g/mol. The number of thioether (sulfide) groups is 1. The van der Waals surface area contributed by atoms with Crippen molar-refractivity contribution in [1.82, 2.24) is 5.32 Å². The van der Waals surface area contributed by atoms with E-state index < -0.39 is 5.54 Å². The first-order chi connectivity index (χ1) is 10.2. The maximum Gasteiger partial charge on any atom is 0.132 e. The largest absolute Gasteiger partial charge is 0.299 e. The molecule has 2 aromatic carbocycles. The van der Waals surface area contributed by atoms with E-state index >= 15 is 0 Å². The van der Waals surface area contributed by atoms with Crippen molar-refractivity contribution in [3.63, 3.8) is 0 Å². The molecule has 1 N–H and O–H groups in total. The van der Waals surface area contributed by atoms with Gasteiger partial charge in [0.25, 0.3) is 0 Å². The van der Waals surface area contributed by atoms with E-state index in [1.165, 1.54) is 10.5 Å². The van der Waals surface area contributed by atoms with E-state index in [0.717, 1.165) is 17.7 Å². The maximum atomic E-state index is 9.66. The van der Waals surface area contributed by atoms with Gasteiger partial charge in [0.05, 0.1) is 6.07 Å². The highest BCUT2D eigenvalue weighted by Crippen LogP contribution is 2.29. The second kappa shape index (κ2) is 7.31. The van der Waals surface area contributed by atoms with Gasteiger partial charge in [0.1, 0.15) is 5.54 Å². The van der Waals surface area contributed by atoms with Gasteiger partial charge in [0, 0.05) is 10.6 Å². The predicted octanol–water partition coefficient (Wildman–Crippen LogP) is 4.12. The zero-order valence-electron chi connectivity index (χ0n) is 12.5. The van der Waals surface area contributed by atoms with Gasteiger partial charge in [-0.1, -0.05) is 48.5 Å². The maximum absolute atomic E-state index is 9.66. The molecule has 0 amide bonds. The average Bonchev–Trinajstić information content (AvgIpc) is 2.54. The van der Waals surface area contributed by atoms with Crippen molar-refractivity contribution < 1.29 is 0 Å². The fraction of sp³-hybridized carbons (Fsp3) is 0.278. The zero-order valence-corrected chi connectivity index (χ0v) is 13.3. The third-order valence-corrected chi connectivity index (χ3v) is 4.89. The Hall–Kier alpha value is -1.76. The number of rotatable bonds is 6. The molecular formula is C18H20N2S. The molecular weight excluding hydrogens is 276 g/mol. The highest BCUT2D eigenvalue weighted by Gasteiger charge is 2.29. The summed E-state index contributed by atoms with van der Waals surface area (Å²) in [5.41, 5.74) is 1.70. The van der Waals surface area contributed by atoms with Gasteiger partial charge < -0.3 is 0 Å². The molecule has 0 saturated heterocycles. The third kappa shape index (κ3) is 3.66. The van der Waals surface area contributed by atoms with Crippen molar-refractivity contribution in [2.75, 3.05) is 12.8 Å². The number of nitrogens with one attached hydrogen (secondary N) is 1. The topological polar surface area (TPSA) is 35.8 Å². The van der Waals surface area contributed by atoms with Crippen LogP contribution < -0.4 is 5.32 Å². The van der Waals surface area contributed by atoms with Crippen molar-refractivity contribution in [1.29, 1.82) is 5.26 Å². The Morgan fingerprint density at radius 3 is 2.38 bits per heavy atom. The van der Waals surface area contributed by atoms with Crippen LogP contribution in [0.15, 0.2) is 59.5 Å². The molecule has 21 heavy (non-hydrogen) atoms. The number of hydrogen-bond acceptors (Lipinski definition) is 3. The van der Waals surface area contributed by atoms with Gasteiger partial charge in [0.2, 0.25) is 0 Å². The molecule has 1 atom stereocenters. The summed E-state index contributed by atoms with van der Waals surface area (Å²) in [5, 5.41) is 12.9. The summed E-state index contributed by atoms with van der Waals surface area (Å²) in [6.45, 7) is 2.12. The van der Waals surface area contributed by atoms with Crippen LogP contribution in [0.1, 0.15) is 17.5 Å². The molecule has 0 aliphatic rings. The molecule has 0 aliphatic carbocycles. The summed E-state index contributed by atoms with van der Waals surface area (Å²) in [4.78, 5) is 1.29. The van der Waals surface area contributed by atoms with Gasteiger partial charge in [-0.25, -0.2) is 0 Å². The van der Waals surface area contributed by atoms with E-state index in [2.05, 4.69) is 42.6 Å². The first-order valence-corrected chi connectivity index (χ1v) is 8.04. The third-order valence-electron chi connectivity index (χ3n) is 3.71. The summed E-state index contributed by atoms with van der Waals surface area (Å²) in [6, 6.07) is 20.8. The summed E-state index contributed by atoms with van der Waals surface area (Å²) in [7, 11) is 1.86. The van der Waals surface area contributed by atoms with E-state index in [9.17, 15) is 5.26 Å². The first-order valence-electron chi connectivity index (χ1n) is 7.06. The molecule has 0 spiro atoms. The molecule has 2 aromatic rings. The Morgan fingerprint density at radius 2 is 1.76 bits per heavy atom. The van der Waals surface area contributed by atoms with Gasteiger partial charge in [-0.2, -0.15) is 5.26 Å². The van der Waals surface area contributed by atoms with E-state index in [1.54, 1.807) is 0 Å². The molecule has 0 aromatic heterocycles. The molecule has 3 heteroatoms. The lowest BCUT2D eigenvalue weighted by molar-refractivity contribution is 0.457. The number of nitrogens with zero attached hydrogens (tertiary/aromatic N) is 1. The van der Waals surface area contributed by atoms with Gasteiger partial charge in [-0.15, -0.1) is 11.8 Å². The molecule has 2 rings (SSSR count). The minimum atomic E-state index is -0.614. The molecule has 0 bridgehead atoms. The second-order valence-electron chi connectivity index (χ2n) is 5.00. The van der Waals surface area contributed by atoms with Crippen LogP contribution in [-0.2, 0) is 5.54 Å². The number of hydrogen-bond donors (Lipinski definition) is 1. The minimum Gasteiger partial charge on any atom is -0.299 e. The summed E-state index contributed by atoms with van der Waals surface area (Å²) < 4.78 is 0. The van der Waals surface area contributed by atoms with Crippen LogP contribution >= 0.6 is 11.8 Å². The van der Waals surface area contributed by atoms with E-state index in [0.29, 0.717) is 0 Å². The van der Waals surface area contributed by atoms with Crippen molar-refractivity contribution in [2.45, 2.75) is 23.8 Å². The molecule has 0 heterocycles. The lowest BCUT2D eigenvalue weighted by atomic mass is 9.89. The fourth-order valence-electron chi connectivity index (χ4n) is 2.35. The average molecular weight is 296 g/mol. The van der Waals surface area contributed by atoms with Crippen molar-refractivity contribution >= 4 is 11.8 Å². The summed E-state index contributed by atoms with van der Waals surface area (Å²) >= 11 is 1.81. The highest BCUT2D eigenvalue weighted by atomic mass is 32.2. The normalized spacial score (nSPS) is 13.4. The Kier molecular flexibility index (Phi) is 5.44. The van der Waals surface area contributed by atoms with Crippen molar-refractivity contribution in [3.05, 3.63) is 65.7 Å². The summed E-state index contributed by atoms with van der Waals surface area (Å²) in [5.74, 6) is 0.897. The zero-order chi connectivity index (χ0) is 15.1. The van der Waals surface area contributed by atoms with Crippen LogP contribution in [0.4, 0.5) is 0 Å².